The van der Waals surface area contributed by atoms with Crippen molar-refractivity contribution in [3.8, 4) is 0 Å². The Morgan fingerprint density at radius 3 is 2.23 bits per heavy atom. The van der Waals surface area contributed by atoms with Crippen LogP contribution >= 0.6 is 11.8 Å². The lowest BCUT2D eigenvalue weighted by Crippen LogP contribution is -2.50. The number of benzene rings is 2. The molecule has 1 fully saturated rings. The SMILES string of the molecule is C[C@@H](C(=O)NC1CCCCC1)N(Cc1ccccc1)C(=O)CCSCc1ccccc1. The summed E-state index contributed by atoms with van der Waals surface area (Å²) in [5, 5.41) is 3.19. The molecule has 0 saturated heterocycles. The summed E-state index contributed by atoms with van der Waals surface area (Å²) in [6.45, 7) is 2.32. The molecule has 1 N–H and O–H groups in total. The van der Waals surface area contributed by atoms with Crippen molar-refractivity contribution in [1.29, 1.82) is 0 Å². The maximum atomic E-state index is 13.1. The summed E-state index contributed by atoms with van der Waals surface area (Å²) < 4.78 is 0. The summed E-state index contributed by atoms with van der Waals surface area (Å²) in [5.74, 6) is 1.64. The number of amides is 2. The molecule has 2 aromatic rings. The maximum Gasteiger partial charge on any atom is 0.242 e. The molecule has 0 heterocycles. The minimum Gasteiger partial charge on any atom is -0.352 e. The van der Waals surface area contributed by atoms with Gasteiger partial charge in [0, 0.05) is 30.5 Å². The van der Waals surface area contributed by atoms with E-state index in [0.29, 0.717) is 13.0 Å². The van der Waals surface area contributed by atoms with Crippen LogP contribution in [0.1, 0.15) is 56.6 Å². The van der Waals surface area contributed by atoms with Crippen LogP contribution in [0.5, 0.6) is 0 Å². The van der Waals surface area contributed by atoms with Crippen LogP contribution in [-0.4, -0.2) is 34.6 Å². The van der Waals surface area contributed by atoms with E-state index < -0.39 is 6.04 Å². The summed E-state index contributed by atoms with van der Waals surface area (Å²) in [4.78, 5) is 27.8. The molecule has 2 aromatic carbocycles. The van der Waals surface area contributed by atoms with Crippen LogP contribution in [0, 0.1) is 0 Å². The van der Waals surface area contributed by atoms with Crippen molar-refractivity contribution in [2.24, 2.45) is 0 Å². The molecular weight excluding hydrogens is 404 g/mol. The van der Waals surface area contributed by atoms with E-state index in [2.05, 4.69) is 17.4 Å². The number of nitrogens with one attached hydrogen (secondary N) is 1. The molecule has 1 aliphatic carbocycles. The summed E-state index contributed by atoms with van der Waals surface area (Å²) in [6.07, 6.45) is 6.12. The van der Waals surface area contributed by atoms with E-state index >= 15 is 0 Å². The lowest BCUT2D eigenvalue weighted by atomic mass is 9.95. The van der Waals surface area contributed by atoms with E-state index in [1.54, 1.807) is 16.7 Å². The van der Waals surface area contributed by atoms with Gasteiger partial charge in [0.25, 0.3) is 0 Å². The van der Waals surface area contributed by atoms with Gasteiger partial charge in [-0.1, -0.05) is 79.9 Å². The first-order valence-corrected chi connectivity index (χ1v) is 12.5. The number of nitrogens with zero attached hydrogens (tertiary/aromatic N) is 1. The number of thioether (sulfide) groups is 1. The van der Waals surface area contributed by atoms with Gasteiger partial charge in [0.15, 0.2) is 0 Å². The number of rotatable bonds is 10. The highest BCUT2D eigenvalue weighted by molar-refractivity contribution is 7.98. The third-order valence-corrected chi connectivity index (χ3v) is 6.92. The molecule has 31 heavy (non-hydrogen) atoms. The number of carbonyl (C=O) groups excluding carboxylic acids is 2. The van der Waals surface area contributed by atoms with Gasteiger partial charge in [0.1, 0.15) is 6.04 Å². The zero-order valence-corrected chi connectivity index (χ0v) is 19.3. The molecule has 4 nitrogen and oxygen atoms in total. The van der Waals surface area contributed by atoms with Crippen molar-refractivity contribution in [3.05, 3.63) is 71.8 Å². The van der Waals surface area contributed by atoms with Crippen LogP contribution < -0.4 is 5.32 Å². The molecule has 3 rings (SSSR count). The molecule has 0 radical (unpaired) electrons. The van der Waals surface area contributed by atoms with Crippen molar-refractivity contribution in [1.82, 2.24) is 10.2 Å². The fourth-order valence-corrected chi connectivity index (χ4v) is 4.89. The molecule has 0 aromatic heterocycles. The number of hydrogen-bond donors (Lipinski definition) is 1. The van der Waals surface area contributed by atoms with Gasteiger partial charge in [-0.05, 0) is 30.9 Å². The third-order valence-electron chi connectivity index (χ3n) is 5.89. The highest BCUT2D eigenvalue weighted by atomic mass is 32.2. The lowest BCUT2D eigenvalue weighted by molar-refractivity contribution is -0.140. The highest BCUT2D eigenvalue weighted by Gasteiger charge is 2.27. The van der Waals surface area contributed by atoms with Gasteiger partial charge in [-0.15, -0.1) is 0 Å². The van der Waals surface area contributed by atoms with Gasteiger partial charge in [0.2, 0.25) is 11.8 Å². The Morgan fingerprint density at radius 1 is 0.968 bits per heavy atom. The lowest BCUT2D eigenvalue weighted by Gasteiger charge is -2.31. The summed E-state index contributed by atoms with van der Waals surface area (Å²) >= 11 is 1.76. The normalized spacial score (nSPS) is 15.3. The van der Waals surface area contributed by atoms with Crippen molar-refractivity contribution < 1.29 is 9.59 Å². The molecular formula is C26H34N2O2S. The van der Waals surface area contributed by atoms with E-state index in [1.165, 1.54) is 24.8 Å². The Kier molecular flexibility index (Phi) is 9.47. The highest BCUT2D eigenvalue weighted by Crippen LogP contribution is 2.19. The number of carbonyl (C=O) groups is 2. The van der Waals surface area contributed by atoms with Crippen LogP contribution in [0.2, 0.25) is 0 Å². The summed E-state index contributed by atoms with van der Waals surface area (Å²) in [5.41, 5.74) is 2.31. The van der Waals surface area contributed by atoms with Gasteiger partial charge >= 0.3 is 0 Å². The molecule has 0 spiro atoms. The standard InChI is InChI=1S/C26H34N2O2S/c1-21(26(30)27-24-15-9-4-10-16-24)28(19-22-11-5-2-6-12-22)25(29)17-18-31-20-23-13-7-3-8-14-23/h2-3,5-8,11-14,21,24H,4,9-10,15-20H2,1H3,(H,27,30)/t21-/m0/s1. The monoisotopic (exact) mass is 438 g/mol. The first-order chi connectivity index (χ1) is 15.1. The van der Waals surface area contributed by atoms with Gasteiger partial charge in [-0.3, -0.25) is 9.59 Å². The molecule has 1 atom stereocenters. The molecule has 5 heteroatoms. The Balaban J connectivity index is 1.57. The van der Waals surface area contributed by atoms with Crippen molar-refractivity contribution in [3.63, 3.8) is 0 Å². The average molecular weight is 439 g/mol. The zero-order valence-electron chi connectivity index (χ0n) is 18.5. The minimum atomic E-state index is -0.478. The Hall–Kier alpha value is -2.27. The fraction of sp³-hybridized carbons (Fsp3) is 0.462. The summed E-state index contributed by atoms with van der Waals surface area (Å²) in [7, 11) is 0. The van der Waals surface area contributed by atoms with Crippen LogP contribution in [0.4, 0.5) is 0 Å². The first kappa shape index (κ1) is 23.4. The summed E-state index contributed by atoms with van der Waals surface area (Å²) in [6, 6.07) is 20.0. The molecule has 2 amide bonds. The molecule has 0 aliphatic heterocycles. The van der Waals surface area contributed by atoms with Crippen LogP contribution in [0.15, 0.2) is 60.7 Å². The molecule has 1 saturated carbocycles. The largest absolute Gasteiger partial charge is 0.352 e. The Bertz CT molecular complexity index is 807. The van der Waals surface area contributed by atoms with Gasteiger partial charge in [0.05, 0.1) is 0 Å². The van der Waals surface area contributed by atoms with Crippen LogP contribution in [0.3, 0.4) is 0 Å². The zero-order chi connectivity index (χ0) is 21.9. The predicted molar refractivity (Wildman–Crippen MR) is 129 cm³/mol. The fourth-order valence-electron chi connectivity index (χ4n) is 4.00. The molecule has 166 valence electrons. The van der Waals surface area contributed by atoms with Crippen molar-refractivity contribution >= 4 is 23.6 Å². The Morgan fingerprint density at radius 2 is 1.58 bits per heavy atom. The third kappa shape index (κ3) is 7.73. The smallest absolute Gasteiger partial charge is 0.242 e. The average Bonchev–Trinajstić information content (AvgIpc) is 2.81. The quantitative estimate of drug-likeness (QED) is 0.520. The van der Waals surface area contributed by atoms with E-state index in [1.807, 2.05) is 55.5 Å². The molecule has 1 aliphatic rings. The second kappa shape index (κ2) is 12.6. The topological polar surface area (TPSA) is 49.4 Å². The molecule has 0 bridgehead atoms. The minimum absolute atomic E-state index is 0.0341. The van der Waals surface area contributed by atoms with E-state index in [-0.39, 0.29) is 17.9 Å². The molecule has 0 unspecified atom stereocenters. The van der Waals surface area contributed by atoms with Gasteiger partial charge < -0.3 is 10.2 Å². The van der Waals surface area contributed by atoms with Crippen LogP contribution in [0.25, 0.3) is 0 Å². The van der Waals surface area contributed by atoms with Crippen LogP contribution in [-0.2, 0) is 21.9 Å². The van der Waals surface area contributed by atoms with Crippen molar-refractivity contribution in [2.75, 3.05) is 5.75 Å². The first-order valence-electron chi connectivity index (χ1n) is 11.4. The van der Waals surface area contributed by atoms with E-state index in [0.717, 1.165) is 29.9 Å². The Labute approximate surface area is 190 Å². The van der Waals surface area contributed by atoms with E-state index in [9.17, 15) is 9.59 Å². The van der Waals surface area contributed by atoms with E-state index in [4.69, 9.17) is 0 Å². The van der Waals surface area contributed by atoms with Crippen molar-refractivity contribution in [2.45, 2.75) is 69.8 Å². The van der Waals surface area contributed by atoms with Gasteiger partial charge in [-0.2, -0.15) is 11.8 Å². The number of hydrogen-bond acceptors (Lipinski definition) is 3. The second-order valence-electron chi connectivity index (χ2n) is 8.31. The van der Waals surface area contributed by atoms with Gasteiger partial charge in [-0.25, -0.2) is 0 Å². The second-order valence-corrected chi connectivity index (χ2v) is 9.42. The predicted octanol–water partition coefficient (Wildman–Crippen LogP) is 5.18. The maximum absolute atomic E-state index is 13.1.